The van der Waals surface area contributed by atoms with Gasteiger partial charge in [0.2, 0.25) is 10.0 Å². The minimum Gasteiger partial charge on any atom is -0.313 e. The van der Waals surface area contributed by atoms with Crippen molar-refractivity contribution in [3.8, 4) is 0 Å². The highest BCUT2D eigenvalue weighted by molar-refractivity contribution is 7.89. The Morgan fingerprint density at radius 2 is 2.14 bits per heavy atom. The van der Waals surface area contributed by atoms with Crippen LogP contribution in [0.3, 0.4) is 0 Å². The molecule has 1 aromatic carbocycles. The van der Waals surface area contributed by atoms with Gasteiger partial charge < -0.3 is 5.32 Å². The predicted molar refractivity (Wildman–Crippen MR) is 81.0 cm³/mol. The summed E-state index contributed by atoms with van der Waals surface area (Å²) in [6, 6.07) is 4.07. The molecule has 21 heavy (non-hydrogen) atoms. The fourth-order valence-electron chi connectivity index (χ4n) is 2.67. The summed E-state index contributed by atoms with van der Waals surface area (Å²) < 4.78 is 40.7. The zero-order valence-electron chi connectivity index (χ0n) is 12.6. The summed E-state index contributed by atoms with van der Waals surface area (Å²) in [5.74, 6) is -0.374. The molecule has 1 N–H and O–H groups in total. The van der Waals surface area contributed by atoms with Gasteiger partial charge in [0, 0.05) is 24.7 Å². The van der Waals surface area contributed by atoms with Crippen LogP contribution in [0, 0.1) is 5.82 Å². The molecular weight excluding hydrogens is 291 g/mol. The van der Waals surface area contributed by atoms with Gasteiger partial charge in [0.1, 0.15) is 5.82 Å². The van der Waals surface area contributed by atoms with Gasteiger partial charge >= 0.3 is 0 Å². The van der Waals surface area contributed by atoms with Gasteiger partial charge in [0.25, 0.3) is 0 Å². The average Bonchev–Trinajstić information content (AvgIpc) is 2.46. The number of piperidine rings is 1. The third-order valence-corrected chi connectivity index (χ3v) is 5.94. The molecule has 0 aliphatic carbocycles. The van der Waals surface area contributed by atoms with Crippen molar-refractivity contribution in [2.45, 2.75) is 50.6 Å². The van der Waals surface area contributed by atoms with E-state index in [0.717, 1.165) is 19.3 Å². The summed E-state index contributed by atoms with van der Waals surface area (Å²) in [5, 5.41) is 3.02. The van der Waals surface area contributed by atoms with E-state index in [2.05, 4.69) is 5.32 Å². The lowest BCUT2D eigenvalue weighted by molar-refractivity contribution is 0.268. The number of rotatable bonds is 5. The smallest absolute Gasteiger partial charge is 0.243 e. The molecule has 4 nitrogen and oxygen atoms in total. The summed E-state index contributed by atoms with van der Waals surface area (Å²) in [6.07, 6.45) is 2.82. The van der Waals surface area contributed by atoms with Crippen molar-refractivity contribution in [1.82, 2.24) is 9.62 Å². The maximum absolute atomic E-state index is 13.8. The highest BCUT2D eigenvalue weighted by Gasteiger charge is 2.31. The van der Waals surface area contributed by atoms with Crippen molar-refractivity contribution in [3.63, 3.8) is 0 Å². The van der Waals surface area contributed by atoms with Crippen molar-refractivity contribution in [1.29, 1.82) is 0 Å². The standard InChI is InChI=1S/C15H23FN2O2S/c1-3-17-11-13-10-14(7-8-15(13)16)21(19,20)18-9-5-4-6-12(18)2/h7-8,10,12,17H,3-6,9,11H2,1-2H3. The molecule has 1 heterocycles. The largest absolute Gasteiger partial charge is 0.313 e. The number of nitrogens with zero attached hydrogens (tertiary/aromatic N) is 1. The summed E-state index contributed by atoms with van der Waals surface area (Å²) in [5.41, 5.74) is 0.391. The molecule has 1 fully saturated rings. The lowest BCUT2D eigenvalue weighted by atomic mass is 10.1. The monoisotopic (exact) mass is 314 g/mol. The molecule has 1 aromatic rings. The second-order valence-corrected chi connectivity index (χ2v) is 7.38. The van der Waals surface area contributed by atoms with Crippen LogP contribution in [0.5, 0.6) is 0 Å². The first-order valence-corrected chi connectivity index (χ1v) is 8.91. The van der Waals surface area contributed by atoms with Gasteiger partial charge in [-0.3, -0.25) is 0 Å². The van der Waals surface area contributed by atoms with Crippen LogP contribution in [0.15, 0.2) is 23.1 Å². The Labute approximate surface area is 126 Å². The minimum absolute atomic E-state index is 0.00557. The second kappa shape index (κ2) is 6.85. The van der Waals surface area contributed by atoms with Gasteiger partial charge in [0.15, 0.2) is 0 Å². The highest BCUT2D eigenvalue weighted by atomic mass is 32.2. The van der Waals surface area contributed by atoms with Crippen LogP contribution >= 0.6 is 0 Å². The first-order chi connectivity index (χ1) is 9.96. The van der Waals surface area contributed by atoms with Crippen LogP contribution in [0.4, 0.5) is 4.39 Å². The van der Waals surface area contributed by atoms with E-state index in [9.17, 15) is 12.8 Å². The Balaban J connectivity index is 2.31. The first kappa shape index (κ1) is 16.4. The molecule has 1 saturated heterocycles. The second-order valence-electron chi connectivity index (χ2n) is 5.49. The number of hydrogen-bond acceptors (Lipinski definition) is 3. The van der Waals surface area contributed by atoms with Crippen LogP contribution in [0.1, 0.15) is 38.7 Å². The minimum atomic E-state index is -3.54. The summed E-state index contributed by atoms with van der Waals surface area (Å²) in [6.45, 7) is 5.44. The van der Waals surface area contributed by atoms with E-state index in [1.807, 2.05) is 13.8 Å². The fraction of sp³-hybridized carbons (Fsp3) is 0.600. The van der Waals surface area contributed by atoms with E-state index in [1.54, 1.807) is 4.31 Å². The molecule has 0 spiro atoms. The average molecular weight is 314 g/mol. The molecule has 1 atom stereocenters. The molecule has 118 valence electrons. The van der Waals surface area contributed by atoms with E-state index in [4.69, 9.17) is 0 Å². The Morgan fingerprint density at radius 1 is 1.38 bits per heavy atom. The molecule has 1 unspecified atom stereocenters. The van der Waals surface area contributed by atoms with Crippen LogP contribution in [-0.4, -0.2) is 31.9 Å². The Hall–Kier alpha value is -0.980. The molecule has 1 aliphatic heterocycles. The lowest BCUT2D eigenvalue weighted by Gasteiger charge is -2.32. The predicted octanol–water partition coefficient (Wildman–Crippen LogP) is 2.50. The van der Waals surface area contributed by atoms with E-state index in [0.29, 0.717) is 25.2 Å². The zero-order chi connectivity index (χ0) is 15.5. The number of halogens is 1. The Kier molecular flexibility index (Phi) is 5.35. The van der Waals surface area contributed by atoms with Gasteiger partial charge in [-0.25, -0.2) is 12.8 Å². The van der Waals surface area contributed by atoms with Gasteiger partial charge in [-0.2, -0.15) is 4.31 Å². The third kappa shape index (κ3) is 3.62. The Bertz CT molecular complexity index is 589. The quantitative estimate of drug-likeness (QED) is 0.908. The SMILES string of the molecule is CCNCc1cc(S(=O)(=O)N2CCCCC2C)ccc1F. The molecule has 0 bridgehead atoms. The molecule has 6 heteroatoms. The van der Waals surface area contributed by atoms with Gasteiger partial charge in [-0.1, -0.05) is 13.3 Å². The topological polar surface area (TPSA) is 49.4 Å². The van der Waals surface area contributed by atoms with Crippen LogP contribution < -0.4 is 5.32 Å². The van der Waals surface area contributed by atoms with Crippen LogP contribution in [-0.2, 0) is 16.6 Å². The normalized spacial score (nSPS) is 20.6. The van der Waals surface area contributed by atoms with E-state index < -0.39 is 10.0 Å². The Morgan fingerprint density at radius 3 is 2.81 bits per heavy atom. The molecule has 1 aliphatic rings. The van der Waals surface area contributed by atoms with Crippen molar-refractivity contribution < 1.29 is 12.8 Å². The molecule has 0 radical (unpaired) electrons. The highest BCUT2D eigenvalue weighted by Crippen LogP contribution is 2.26. The molecule has 0 amide bonds. The van der Waals surface area contributed by atoms with Gasteiger partial charge in [0.05, 0.1) is 4.90 Å². The third-order valence-electron chi connectivity index (χ3n) is 3.93. The number of nitrogens with one attached hydrogen (secondary N) is 1. The summed E-state index contributed by atoms with van der Waals surface area (Å²) in [7, 11) is -3.54. The maximum atomic E-state index is 13.8. The van der Waals surface area contributed by atoms with Crippen molar-refractivity contribution >= 4 is 10.0 Å². The van der Waals surface area contributed by atoms with Crippen molar-refractivity contribution in [2.75, 3.05) is 13.1 Å². The number of hydrogen-bond donors (Lipinski definition) is 1. The van der Waals surface area contributed by atoms with Gasteiger partial charge in [-0.05, 0) is 44.5 Å². The van der Waals surface area contributed by atoms with Gasteiger partial charge in [-0.15, -0.1) is 0 Å². The van der Waals surface area contributed by atoms with E-state index in [-0.39, 0.29) is 16.8 Å². The maximum Gasteiger partial charge on any atom is 0.243 e. The van der Waals surface area contributed by atoms with Crippen molar-refractivity contribution in [3.05, 3.63) is 29.6 Å². The fourth-order valence-corrected chi connectivity index (χ4v) is 4.42. The number of sulfonamides is 1. The molecule has 0 saturated carbocycles. The van der Waals surface area contributed by atoms with E-state index in [1.165, 1.54) is 18.2 Å². The lowest BCUT2D eigenvalue weighted by Crippen LogP contribution is -2.41. The molecule has 0 aromatic heterocycles. The zero-order valence-corrected chi connectivity index (χ0v) is 13.4. The van der Waals surface area contributed by atoms with Crippen molar-refractivity contribution in [2.24, 2.45) is 0 Å². The van der Waals surface area contributed by atoms with Crippen LogP contribution in [0.2, 0.25) is 0 Å². The first-order valence-electron chi connectivity index (χ1n) is 7.47. The summed E-state index contributed by atoms with van der Waals surface area (Å²) in [4.78, 5) is 0.186. The molecule has 2 rings (SSSR count). The number of benzene rings is 1. The van der Waals surface area contributed by atoms with E-state index >= 15 is 0 Å². The van der Waals surface area contributed by atoms with Crippen LogP contribution in [0.25, 0.3) is 0 Å². The molecular formula is C15H23FN2O2S. The summed E-state index contributed by atoms with van der Waals surface area (Å²) >= 11 is 0.